The van der Waals surface area contributed by atoms with Gasteiger partial charge >= 0.3 is 0 Å². The summed E-state index contributed by atoms with van der Waals surface area (Å²) in [5.41, 5.74) is 4.44. The van der Waals surface area contributed by atoms with Gasteiger partial charge in [0.1, 0.15) is 18.4 Å². The molecule has 0 amide bonds. The quantitative estimate of drug-likeness (QED) is 0.0707. The topological polar surface area (TPSA) is 122 Å². The van der Waals surface area contributed by atoms with Gasteiger partial charge < -0.3 is 9.80 Å². The smallest absolute Gasteiger partial charge is 0.295 e. The van der Waals surface area contributed by atoms with Crippen molar-refractivity contribution >= 4 is 110 Å². The Hall–Kier alpha value is -4.20. The first-order chi connectivity index (χ1) is 30.7. The molecular weight excluding hydrogens is 921 g/mol. The number of rotatable bonds is 16. The second-order valence-corrected chi connectivity index (χ2v) is 20.1. The summed E-state index contributed by atoms with van der Waals surface area (Å²) in [6.07, 6.45) is 0. The summed E-state index contributed by atoms with van der Waals surface area (Å²) in [6.45, 7) is 15.3. The first kappa shape index (κ1) is 52.4. The summed E-state index contributed by atoms with van der Waals surface area (Å²) in [4.78, 5) is 8.33. The molecule has 0 spiro atoms. The largest absolute Gasteiger partial charge is 0.303 e. The van der Waals surface area contributed by atoms with Gasteiger partial charge in [-0.25, -0.2) is 0 Å². The zero-order valence-corrected chi connectivity index (χ0v) is 41.3. The maximum absolute atomic E-state index is 11.2. The van der Waals surface area contributed by atoms with Crippen molar-refractivity contribution in [1.29, 1.82) is 0 Å². The van der Waals surface area contributed by atoms with Crippen LogP contribution in [0.4, 0.5) is 22.7 Å². The van der Waals surface area contributed by atoms with Gasteiger partial charge in [0.2, 0.25) is 0 Å². The van der Waals surface area contributed by atoms with E-state index in [4.69, 9.17) is 33.5 Å². The van der Waals surface area contributed by atoms with Gasteiger partial charge in [0, 0.05) is 58.1 Å². The van der Waals surface area contributed by atoms with Crippen molar-refractivity contribution < 1.29 is 25.9 Å². The lowest BCUT2D eigenvalue weighted by atomic mass is 10.1. The average molecular weight is 977 g/mol. The molecule has 6 aromatic carbocycles. The molecule has 16 heteroatoms. The van der Waals surface area contributed by atoms with Gasteiger partial charge in [0.25, 0.3) is 20.2 Å². The van der Waals surface area contributed by atoms with Crippen molar-refractivity contribution in [2.75, 3.05) is 60.6 Å². The summed E-state index contributed by atoms with van der Waals surface area (Å²) in [7, 11) is -8.94. The minimum atomic E-state index is -4.47. The highest BCUT2D eigenvalue weighted by atomic mass is 32.2. The molecule has 0 saturated heterocycles. The fourth-order valence-electron chi connectivity index (χ4n) is 6.46. The Morgan fingerprint density at radius 3 is 0.938 bits per heavy atom. The summed E-state index contributed by atoms with van der Waals surface area (Å²) >= 11 is 15.0. The maximum Gasteiger partial charge on any atom is 0.295 e. The predicted octanol–water partition coefficient (Wildman–Crippen LogP) is 11.7. The van der Waals surface area contributed by atoms with E-state index in [2.05, 4.69) is 144 Å². The van der Waals surface area contributed by atoms with Crippen LogP contribution in [-0.4, -0.2) is 95.2 Å². The van der Waals surface area contributed by atoms with E-state index in [-0.39, 0.29) is 10.8 Å². The molecule has 6 aromatic rings. The molecule has 0 heterocycles. The number of benzene rings is 6. The van der Waals surface area contributed by atoms with E-state index in [0.717, 1.165) is 94.3 Å². The Morgan fingerprint density at radius 2 is 0.703 bits per heavy atom. The molecule has 0 saturated carbocycles. The molecule has 64 heavy (non-hydrogen) atoms. The van der Waals surface area contributed by atoms with E-state index in [9.17, 15) is 16.8 Å². The molecule has 0 aliphatic rings. The number of fused-ring (bicyclic) bond motifs is 1. The molecule has 0 fully saturated rings. The lowest BCUT2D eigenvalue weighted by molar-refractivity contribution is 0.324. The van der Waals surface area contributed by atoms with Crippen LogP contribution in [0, 0.1) is 0 Å². The minimum Gasteiger partial charge on any atom is -0.303 e. The number of thiocarbonyl (C=S) groups is 2. The van der Waals surface area contributed by atoms with E-state index < -0.39 is 30.0 Å². The van der Waals surface area contributed by atoms with Crippen LogP contribution in [0.25, 0.3) is 10.8 Å². The average Bonchev–Trinajstić information content (AvgIpc) is 3.30. The molecule has 6 rings (SSSR count). The Balaban J connectivity index is 0.000000212. The molecule has 0 aliphatic heterocycles. The van der Waals surface area contributed by atoms with Crippen LogP contribution in [0.3, 0.4) is 0 Å². The lowest BCUT2D eigenvalue weighted by Gasteiger charge is -2.26. The van der Waals surface area contributed by atoms with E-state index >= 15 is 0 Å². The van der Waals surface area contributed by atoms with E-state index in [1.165, 1.54) is 24.3 Å². The number of para-hydroxylation sites is 4. The van der Waals surface area contributed by atoms with Crippen LogP contribution in [0.5, 0.6) is 0 Å². The van der Waals surface area contributed by atoms with Crippen molar-refractivity contribution in [3.8, 4) is 0 Å². The third-order valence-corrected chi connectivity index (χ3v) is 14.4. The normalized spacial score (nSPS) is 11.3. The lowest BCUT2D eigenvalue weighted by Crippen LogP contribution is -2.27. The summed E-state index contributed by atoms with van der Waals surface area (Å²) in [6, 6.07) is 48.9. The SMILES string of the molecule is CCN(CC)CCSC(=S)N(c1ccccc1)c1ccccc1.CCN(CC)CCSC(=S)N(c1ccccc1)c1ccccc1.O=S(=O)(O)c1cccc2c(S(=O)(=O)O)cccc12. The van der Waals surface area contributed by atoms with E-state index in [1.54, 1.807) is 23.5 Å². The predicted molar refractivity (Wildman–Crippen MR) is 279 cm³/mol. The van der Waals surface area contributed by atoms with Crippen LogP contribution in [-0.2, 0) is 20.2 Å². The summed E-state index contributed by atoms with van der Waals surface area (Å²) in [5.74, 6) is 2.02. The van der Waals surface area contributed by atoms with Crippen LogP contribution < -0.4 is 9.80 Å². The van der Waals surface area contributed by atoms with Gasteiger partial charge in [-0.15, -0.1) is 0 Å². The Bertz CT molecular complexity index is 2310. The highest BCUT2D eigenvalue weighted by Gasteiger charge is 2.20. The molecular formula is C48H56N4O6S6. The summed E-state index contributed by atoms with van der Waals surface area (Å²) in [5, 5.41) is 0.0465. The van der Waals surface area contributed by atoms with Gasteiger partial charge in [0.15, 0.2) is 0 Å². The molecule has 340 valence electrons. The third kappa shape index (κ3) is 16.0. The molecule has 0 unspecified atom stereocenters. The number of hydrogen-bond donors (Lipinski definition) is 2. The molecule has 0 aliphatic carbocycles. The first-order valence-electron chi connectivity index (χ1n) is 20.8. The van der Waals surface area contributed by atoms with Crippen LogP contribution in [0.1, 0.15) is 27.7 Å². The molecule has 0 atom stereocenters. The second kappa shape index (κ2) is 26.7. The zero-order chi connectivity index (χ0) is 46.5. The van der Waals surface area contributed by atoms with Crippen molar-refractivity contribution in [2.24, 2.45) is 0 Å². The van der Waals surface area contributed by atoms with Crippen LogP contribution in [0.2, 0.25) is 0 Å². The van der Waals surface area contributed by atoms with Crippen molar-refractivity contribution in [3.05, 3.63) is 158 Å². The summed E-state index contributed by atoms with van der Waals surface area (Å²) < 4.78 is 64.5. The number of thioether (sulfide) groups is 2. The van der Waals surface area contributed by atoms with Gasteiger partial charge in [-0.3, -0.25) is 18.9 Å². The molecule has 0 bridgehead atoms. The van der Waals surface area contributed by atoms with Crippen LogP contribution in [0.15, 0.2) is 168 Å². The van der Waals surface area contributed by atoms with Crippen molar-refractivity contribution in [2.45, 2.75) is 37.5 Å². The monoisotopic (exact) mass is 976 g/mol. The fraction of sp³-hybridized carbons (Fsp3) is 0.250. The molecule has 10 nitrogen and oxygen atoms in total. The van der Waals surface area contributed by atoms with E-state index in [0.29, 0.717) is 0 Å². The van der Waals surface area contributed by atoms with E-state index in [1.807, 2.05) is 24.3 Å². The Morgan fingerprint density at radius 1 is 0.438 bits per heavy atom. The standard InChI is InChI=1S/2C19H24N2S2.C10H8O6S2/c2*1-3-20(4-2)15-16-23-19(22)21(17-11-7-5-8-12-17)18-13-9-6-10-14-18;11-17(12,13)9-5-1-3-7-8(9)4-2-6-10(7)18(14,15)16/h2*5-14H,3-4,15-16H2,1-2H3;1-6H,(H,11,12,13)(H,14,15,16). The van der Waals surface area contributed by atoms with Gasteiger partial charge in [-0.1, -0.05) is 173 Å². The highest BCUT2D eigenvalue weighted by molar-refractivity contribution is 8.23. The minimum absolute atomic E-state index is 0.0233. The van der Waals surface area contributed by atoms with Gasteiger partial charge in [-0.05, 0) is 86.8 Å². The third-order valence-electron chi connectivity index (χ3n) is 9.88. The molecule has 2 N–H and O–H groups in total. The van der Waals surface area contributed by atoms with Crippen molar-refractivity contribution in [3.63, 3.8) is 0 Å². The van der Waals surface area contributed by atoms with Gasteiger partial charge in [0.05, 0.1) is 0 Å². The second-order valence-electron chi connectivity index (χ2n) is 13.9. The highest BCUT2D eigenvalue weighted by Crippen LogP contribution is 2.31. The Kier molecular flexibility index (Phi) is 21.9. The molecule has 0 radical (unpaired) electrons. The van der Waals surface area contributed by atoms with Crippen molar-refractivity contribution in [1.82, 2.24) is 9.80 Å². The number of hydrogen-bond acceptors (Lipinski definition) is 10. The zero-order valence-electron chi connectivity index (χ0n) is 36.4. The molecule has 0 aromatic heterocycles. The number of anilines is 4. The van der Waals surface area contributed by atoms with Crippen LogP contribution >= 0.6 is 48.0 Å². The fourth-order valence-corrected chi connectivity index (χ4v) is 10.5. The maximum atomic E-state index is 11.2. The Labute approximate surface area is 399 Å². The number of nitrogens with zero attached hydrogens (tertiary/aromatic N) is 4. The first-order valence-corrected chi connectivity index (χ1v) is 26.4. The van der Waals surface area contributed by atoms with Gasteiger partial charge in [-0.2, -0.15) is 16.8 Å².